The molecule has 0 bridgehead atoms. The molecule has 0 rings (SSSR count). The van der Waals surface area contributed by atoms with Crippen LogP contribution in [0.4, 0.5) is 0 Å². The summed E-state index contributed by atoms with van der Waals surface area (Å²) in [4.78, 5) is 10.5. The monoisotopic (exact) mass is 183 g/mol. The first-order chi connectivity index (χ1) is 6.20. The largest absolute Gasteiger partial charge is 0.460 e. The molecule has 0 aliphatic rings. The molecule has 1 atom stereocenters. The minimum absolute atomic E-state index is 0.130. The zero-order valence-corrected chi connectivity index (χ0v) is 7.66. The Labute approximate surface area is 77.8 Å². The normalized spacial score (nSPS) is 11.4. The summed E-state index contributed by atoms with van der Waals surface area (Å²) < 4.78 is 9.69. The highest BCUT2D eigenvalue weighted by molar-refractivity contribution is 5.81. The smallest absolute Gasteiger partial charge is 0.330 e. The zero-order valence-electron chi connectivity index (χ0n) is 7.66. The number of carbonyl (C=O) groups excluding carboxylic acids is 1. The van der Waals surface area contributed by atoms with Gasteiger partial charge in [-0.1, -0.05) is 6.58 Å². The van der Waals surface area contributed by atoms with Gasteiger partial charge in [0.05, 0.1) is 25.2 Å². The fraction of sp³-hybridized carbons (Fsp3) is 0.556. The summed E-state index contributed by atoms with van der Waals surface area (Å²) in [5.41, 5.74) is 0. The summed E-state index contributed by atoms with van der Waals surface area (Å²) in [7, 11) is 0. The first-order valence-electron chi connectivity index (χ1n) is 3.97. The molecule has 0 saturated carbocycles. The SMILES string of the molecule is C=CC(=O)OCCOCC(C)C#N. The summed E-state index contributed by atoms with van der Waals surface area (Å²) in [6.07, 6.45) is 1.10. The molecular formula is C9H13NO3. The Hall–Kier alpha value is -1.34. The summed E-state index contributed by atoms with van der Waals surface area (Å²) in [6, 6.07) is 2.03. The molecule has 0 N–H and O–H groups in total. The van der Waals surface area contributed by atoms with E-state index in [1.54, 1.807) is 6.92 Å². The number of carbonyl (C=O) groups is 1. The molecule has 0 aliphatic carbocycles. The van der Waals surface area contributed by atoms with Gasteiger partial charge in [0.25, 0.3) is 0 Å². The molecule has 0 amide bonds. The Morgan fingerprint density at radius 2 is 2.38 bits per heavy atom. The van der Waals surface area contributed by atoms with Crippen LogP contribution in [0.2, 0.25) is 0 Å². The van der Waals surface area contributed by atoms with E-state index in [-0.39, 0.29) is 12.5 Å². The second-order valence-corrected chi connectivity index (χ2v) is 2.48. The molecule has 0 spiro atoms. The molecule has 0 saturated heterocycles. The van der Waals surface area contributed by atoms with E-state index in [4.69, 9.17) is 10.00 Å². The van der Waals surface area contributed by atoms with Gasteiger partial charge >= 0.3 is 5.97 Å². The lowest BCUT2D eigenvalue weighted by Crippen LogP contribution is -2.11. The Balaban J connectivity index is 3.23. The van der Waals surface area contributed by atoms with Gasteiger partial charge in [-0.05, 0) is 6.92 Å². The van der Waals surface area contributed by atoms with E-state index in [1.165, 1.54) is 0 Å². The van der Waals surface area contributed by atoms with Crippen molar-refractivity contribution in [1.29, 1.82) is 5.26 Å². The molecule has 0 heterocycles. The molecule has 0 fully saturated rings. The molecule has 4 heteroatoms. The van der Waals surface area contributed by atoms with Crippen molar-refractivity contribution in [2.45, 2.75) is 6.92 Å². The fourth-order valence-corrected chi connectivity index (χ4v) is 0.557. The molecule has 4 nitrogen and oxygen atoms in total. The lowest BCUT2D eigenvalue weighted by Gasteiger charge is -2.04. The molecule has 0 radical (unpaired) electrons. The third-order valence-electron chi connectivity index (χ3n) is 1.23. The second-order valence-electron chi connectivity index (χ2n) is 2.48. The maximum absolute atomic E-state index is 10.5. The van der Waals surface area contributed by atoms with Crippen LogP contribution in [0.5, 0.6) is 0 Å². The Bertz CT molecular complexity index is 207. The molecular weight excluding hydrogens is 170 g/mol. The standard InChI is InChI=1S/C9H13NO3/c1-3-9(11)13-5-4-12-7-8(2)6-10/h3,8H,1,4-5,7H2,2H3. The van der Waals surface area contributed by atoms with Crippen LogP contribution in [0.1, 0.15) is 6.92 Å². The predicted molar refractivity (Wildman–Crippen MR) is 46.8 cm³/mol. The van der Waals surface area contributed by atoms with E-state index < -0.39 is 5.97 Å². The Morgan fingerprint density at radius 3 is 2.92 bits per heavy atom. The highest BCUT2D eigenvalue weighted by Gasteiger charge is 1.99. The van der Waals surface area contributed by atoms with E-state index in [2.05, 4.69) is 11.3 Å². The van der Waals surface area contributed by atoms with Crippen molar-refractivity contribution >= 4 is 5.97 Å². The Morgan fingerprint density at radius 1 is 1.69 bits per heavy atom. The van der Waals surface area contributed by atoms with E-state index in [0.29, 0.717) is 13.2 Å². The van der Waals surface area contributed by atoms with Crippen molar-refractivity contribution in [3.63, 3.8) is 0 Å². The van der Waals surface area contributed by atoms with E-state index in [9.17, 15) is 4.79 Å². The van der Waals surface area contributed by atoms with Gasteiger partial charge < -0.3 is 9.47 Å². The van der Waals surface area contributed by atoms with Crippen molar-refractivity contribution in [3.8, 4) is 6.07 Å². The second kappa shape index (κ2) is 7.32. The maximum atomic E-state index is 10.5. The Kier molecular flexibility index (Phi) is 6.56. The molecule has 0 aromatic rings. The number of hydrogen-bond acceptors (Lipinski definition) is 4. The summed E-state index contributed by atoms with van der Waals surface area (Å²) in [6.45, 7) is 5.87. The van der Waals surface area contributed by atoms with Gasteiger partial charge in [-0.2, -0.15) is 5.26 Å². The van der Waals surface area contributed by atoms with Crippen molar-refractivity contribution in [3.05, 3.63) is 12.7 Å². The van der Waals surface area contributed by atoms with E-state index >= 15 is 0 Å². The van der Waals surface area contributed by atoms with Gasteiger partial charge in [0.2, 0.25) is 0 Å². The highest BCUT2D eigenvalue weighted by Crippen LogP contribution is 1.92. The first-order valence-corrected chi connectivity index (χ1v) is 3.97. The van der Waals surface area contributed by atoms with Gasteiger partial charge in [0.1, 0.15) is 6.61 Å². The van der Waals surface area contributed by atoms with Crippen LogP contribution in [0.25, 0.3) is 0 Å². The van der Waals surface area contributed by atoms with Gasteiger partial charge in [0.15, 0.2) is 0 Å². The number of nitriles is 1. The summed E-state index contributed by atoms with van der Waals surface area (Å²) >= 11 is 0. The van der Waals surface area contributed by atoms with Gasteiger partial charge in [-0.3, -0.25) is 0 Å². The van der Waals surface area contributed by atoms with Crippen LogP contribution in [-0.4, -0.2) is 25.8 Å². The molecule has 1 unspecified atom stereocenters. The van der Waals surface area contributed by atoms with Crippen LogP contribution in [-0.2, 0) is 14.3 Å². The van der Waals surface area contributed by atoms with E-state index in [0.717, 1.165) is 6.08 Å². The third-order valence-corrected chi connectivity index (χ3v) is 1.23. The van der Waals surface area contributed by atoms with Crippen LogP contribution in [0, 0.1) is 17.2 Å². The zero-order chi connectivity index (χ0) is 10.1. The summed E-state index contributed by atoms with van der Waals surface area (Å²) in [5.74, 6) is -0.591. The molecule has 72 valence electrons. The van der Waals surface area contributed by atoms with Crippen LogP contribution in [0.15, 0.2) is 12.7 Å². The number of esters is 1. The quantitative estimate of drug-likeness (QED) is 0.348. The average molecular weight is 183 g/mol. The maximum Gasteiger partial charge on any atom is 0.330 e. The third kappa shape index (κ3) is 7.04. The van der Waals surface area contributed by atoms with Crippen molar-refractivity contribution in [2.75, 3.05) is 19.8 Å². The average Bonchev–Trinajstić information content (AvgIpc) is 2.16. The van der Waals surface area contributed by atoms with E-state index in [1.807, 2.05) is 6.07 Å². The molecule has 0 aromatic carbocycles. The van der Waals surface area contributed by atoms with Gasteiger partial charge in [0, 0.05) is 6.08 Å². The predicted octanol–water partition coefficient (Wildman–Crippen LogP) is 0.892. The molecule has 13 heavy (non-hydrogen) atoms. The number of ether oxygens (including phenoxy) is 2. The van der Waals surface area contributed by atoms with Gasteiger partial charge in [-0.15, -0.1) is 0 Å². The van der Waals surface area contributed by atoms with Crippen LogP contribution < -0.4 is 0 Å². The summed E-state index contributed by atoms with van der Waals surface area (Å²) in [5, 5.41) is 8.39. The van der Waals surface area contributed by atoms with Crippen LogP contribution >= 0.6 is 0 Å². The lowest BCUT2D eigenvalue weighted by molar-refractivity contribution is -0.139. The van der Waals surface area contributed by atoms with Crippen molar-refractivity contribution in [1.82, 2.24) is 0 Å². The van der Waals surface area contributed by atoms with Crippen LogP contribution in [0.3, 0.4) is 0 Å². The molecule has 0 aromatic heterocycles. The number of hydrogen-bond donors (Lipinski definition) is 0. The molecule has 0 aliphatic heterocycles. The minimum Gasteiger partial charge on any atom is -0.460 e. The minimum atomic E-state index is -0.461. The number of rotatable bonds is 6. The van der Waals surface area contributed by atoms with Crippen molar-refractivity contribution < 1.29 is 14.3 Å². The van der Waals surface area contributed by atoms with Gasteiger partial charge in [-0.25, -0.2) is 4.79 Å². The fourth-order valence-electron chi connectivity index (χ4n) is 0.557. The first kappa shape index (κ1) is 11.7. The topological polar surface area (TPSA) is 59.3 Å². The highest BCUT2D eigenvalue weighted by atomic mass is 16.6. The number of nitrogens with zero attached hydrogens (tertiary/aromatic N) is 1. The van der Waals surface area contributed by atoms with Crippen molar-refractivity contribution in [2.24, 2.45) is 5.92 Å². The lowest BCUT2D eigenvalue weighted by atomic mass is 10.2.